The SMILES string of the molecule is CCOC(=O)C([O])C(=O)N(C)C(=O)OCC. The van der Waals surface area contributed by atoms with Crippen molar-refractivity contribution < 1.29 is 29.0 Å². The van der Waals surface area contributed by atoms with Crippen LogP contribution < -0.4 is 0 Å². The average Bonchev–Trinajstić information content (AvgIpc) is 2.26. The van der Waals surface area contributed by atoms with Crippen molar-refractivity contribution in [3.8, 4) is 0 Å². The van der Waals surface area contributed by atoms with Crippen LogP contribution in [0.5, 0.6) is 0 Å². The molecule has 0 aromatic carbocycles. The summed E-state index contributed by atoms with van der Waals surface area (Å²) in [5, 5.41) is 11.2. The van der Waals surface area contributed by atoms with Crippen LogP contribution in [0.4, 0.5) is 4.79 Å². The van der Waals surface area contributed by atoms with E-state index in [1.807, 2.05) is 0 Å². The maximum Gasteiger partial charge on any atom is 0.416 e. The van der Waals surface area contributed by atoms with E-state index in [-0.39, 0.29) is 13.2 Å². The van der Waals surface area contributed by atoms with Gasteiger partial charge in [-0.25, -0.2) is 19.6 Å². The second-order valence-electron chi connectivity index (χ2n) is 2.73. The molecule has 0 saturated carbocycles. The second-order valence-corrected chi connectivity index (χ2v) is 2.73. The standard InChI is InChI=1S/C9H14NO6/c1-4-15-8(13)6(11)7(12)10(3)9(14)16-5-2/h6H,4-5H2,1-3H3. The minimum Gasteiger partial charge on any atom is -0.464 e. The van der Waals surface area contributed by atoms with Crippen LogP contribution in [0.25, 0.3) is 0 Å². The van der Waals surface area contributed by atoms with Gasteiger partial charge in [0.15, 0.2) is 0 Å². The Morgan fingerprint density at radius 2 is 1.62 bits per heavy atom. The summed E-state index contributed by atoms with van der Waals surface area (Å²) >= 11 is 0. The molecule has 1 unspecified atom stereocenters. The number of nitrogens with zero attached hydrogens (tertiary/aromatic N) is 1. The van der Waals surface area contributed by atoms with Crippen LogP contribution >= 0.6 is 0 Å². The fourth-order valence-electron chi connectivity index (χ4n) is 0.805. The van der Waals surface area contributed by atoms with E-state index in [1.54, 1.807) is 6.92 Å². The molecular formula is C9H14NO6. The van der Waals surface area contributed by atoms with Crippen LogP contribution in [-0.4, -0.2) is 49.2 Å². The number of imide groups is 1. The third kappa shape index (κ3) is 3.85. The first kappa shape index (κ1) is 14.4. The summed E-state index contributed by atoms with van der Waals surface area (Å²) in [5.41, 5.74) is 0. The molecule has 0 aliphatic rings. The van der Waals surface area contributed by atoms with Crippen LogP contribution in [0.2, 0.25) is 0 Å². The van der Waals surface area contributed by atoms with Gasteiger partial charge in [0.05, 0.1) is 13.2 Å². The second kappa shape index (κ2) is 6.78. The maximum absolute atomic E-state index is 11.3. The lowest BCUT2D eigenvalue weighted by Gasteiger charge is -2.16. The third-order valence-corrected chi connectivity index (χ3v) is 1.60. The van der Waals surface area contributed by atoms with Gasteiger partial charge in [0.1, 0.15) is 0 Å². The van der Waals surface area contributed by atoms with Gasteiger partial charge >= 0.3 is 12.1 Å². The maximum atomic E-state index is 11.3. The monoisotopic (exact) mass is 232 g/mol. The van der Waals surface area contributed by atoms with Crippen LogP contribution in [0.1, 0.15) is 13.8 Å². The molecule has 7 heteroatoms. The summed E-state index contributed by atoms with van der Waals surface area (Å²) in [6, 6.07) is 0. The lowest BCUT2D eigenvalue weighted by atomic mass is 10.3. The molecule has 0 N–H and O–H groups in total. The zero-order chi connectivity index (χ0) is 12.7. The Labute approximate surface area is 92.9 Å². The molecule has 0 spiro atoms. The first-order chi connectivity index (χ1) is 7.45. The highest BCUT2D eigenvalue weighted by Gasteiger charge is 2.33. The van der Waals surface area contributed by atoms with Gasteiger partial charge < -0.3 is 9.47 Å². The number of hydrogen-bond donors (Lipinski definition) is 0. The van der Waals surface area contributed by atoms with Crippen LogP contribution in [0, 0.1) is 0 Å². The van der Waals surface area contributed by atoms with Crippen molar-refractivity contribution in [2.45, 2.75) is 20.0 Å². The number of carbonyl (C=O) groups excluding carboxylic acids is 3. The Hall–Kier alpha value is -1.63. The Bertz CT molecular complexity index is 251. The number of ether oxygens (including phenoxy) is 2. The van der Waals surface area contributed by atoms with Crippen molar-refractivity contribution in [3.63, 3.8) is 0 Å². The predicted octanol–water partition coefficient (Wildman–Crippen LogP) is -0.0365. The van der Waals surface area contributed by atoms with Crippen LogP contribution in [-0.2, 0) is 24.2 Å². The summed E-state index contributed by atoms with van der Waals surface area (Å²) in [5.74, 6) is -2.40. The van der Waals surface area contributed by atoms with Crippen molar-refractivity contribution in [1.82, 2.24) is 4.90 Å². The molecule has 0 fully saturated rings. The molecule has 91 valence electrons. The van der Waals surface area contributed by atoms with E-state index in [9.17, 15) is 19.5 Å². The fourth-order valence-corrected chi connectivity index (χ4v) is 0.805. The Morgan fingerprint density at radius 1 is 1.12 bits per heavy atom. The van der Waals surface area contributed by atoms with Crippen molar-refractivity contribution in [2.24, 2.45) is 0 Å². The van der Waals surface area contributed by atoms with E-state index in [0.29, 0.717) is 4.90 Å². The van der Waals surface area contributed by atoms with Gasteiger partial charge in [0, 0.05) is 7.05 Å². The molecule has 0 aliphatic carbocycles. The van der Waals surface area contributed by atoms with Gasteiger partial charge in [-0.3, -0.25) is 4.79 Å². The number of likely N-dealkylation sites (N-methyl/N-ethyl adjacent to an activating group) is 1. The molecule has 0 heterocycles. The quantitative estimate of drug-likeness (QED) is 0.501. The van der Waals surface area contributed by atoms with Gasteiger partial charge in [0.25, 0.3) is 12.0 Å². The van der Waals surface area contributed by atoms with E-state index < -0.39 is 24.1 Å². The summed E-state index contributed by atoms with van der Waals surface area (Å²) in [7, 11) is 1.06. The molecule has 1 atom stereocenters. The molecule has 0 aromatic rings. The highest BCUT2D eigenvalue weighted by Crippen LogP contribution is 1.99. The molecule has 1 radical (unpaired) electrons. The molecule has 2 amide bonds. The number of esters is 1. The van der Waals surface area contributed by atoms with Gasteiger partial charge in [-0.2, -0.15) is 0 Å². The Balaban J connectivity index is 4.42. The van der Waals surface area contributed by atoms with E-state index >= 15 is 0 Å². The summed E-state index contributed by atoms with van der Waals surface area (Å²) in [6.07, 6.45) is -3.23. The minimum absolute atomic E-state index is 0.00598. The molecule has 0 rings (SSSR count). The summed E-state index contributed by atoms with van der Waals surface area (Å²) in [6.45, 7) is 3.12. The van der Waals surface area contributed by atoms with E-state index in [0.717, 1.165) is 7.05 Å². The normalized spacial score (nSPS) is 11.5. The van der Waals surface area contributed by atoms with E-state index in [4.69, 9.17) is 0 Å². The van der Waals surface area contributed by atoms with E-state index in [2.05, 4.69) is 9.47 Å². The van der Waals surface area contributed by atoms with Crippen LogP contribution in [0.3, 0.4) is 0 Å². The third-order valence-electron chi connectivity index (χ3n) is 1.60. The Kier molecular flexibility index (Phi) is 6.09. The lowest BCUT2D eigenvalue weighted by Crippen LogP contribution is -2.44. The zero-order valence-corrected chi connectivity index (χ0v) is 9.39. The molecule has 0 saturated heterocycles. The first-order valence-electron chi connectivity index (χ1n) is 4.72. The summed E-state index contributed by atoms with van der Waals surface area (Å²) in [4.78, 5) is 33.7. The molecular weight excluding hydrogens is 218 g/mol. The zero-order valence-electron chi connectivity index (χ0n) is 9.39. The van der Waals surface area contributed by atoms with Crippen LogP contribution in [0.15, 0.2) is 0 Å². The average molecular weight is 232 g/mol. The number of hydrogen-bond acceptors (Lipinski definition) is 5. The number of rotatable bonds is 4. The predicted molar refractivity (Wildman–Crippen MR) is 50.9 cm³/mol. The van der Waals surface area contributed by atoms with Crippen molar-refractivity contribution in [2.75, 3.05) is 20.3 Å². The van der Waals surface area contributed by atoms with Crippen molar-refractivity contribution >= 4 is 18.0 Å². The molecule has 7 nitrogen and oxygen atoms in total. The van der Waals surface area contributed by atoms with Gasteiger partial charge in [0.2, 0.25) is 0 Å². The minimum atomic E-state index is -2.26. The van der Waals surface area contributed by atoms with Crippen molar-refractivity contribution in [1.29, 1.82) is 0 Å². The largest absolute Gasteiger partial charge is 0.464 e. The highest BCUT2D eigenvalue weighted by molar-refractivity contribution is 6.05. The molecule has 16 heavy (non-hydrogen) atoms. The van der Waals surface area contributed by atoms with Gasteiger partial charge in [-0.1, -0.05) is 0 Å². The summed E-state index contributed by atoms with van der Waals surface area (Å²) < 4.78 is 8.85. The number of amides is 2. The van der Waals surface area contributed by atoms with Gasteiger partial charge in [-0.15, -0.1) is 0 Å². The van der Waals surface area contributed by atoms with Crippen molar-refractivity contribution in [3.05, 3.63) is 0 Å². The lowest BCUT2D eigenvalue weighted by molar-refractivity contribution is -0.165. The molecule has 0 bridgehead atoms. The fraction of sp³-hybridized carbons (Fsp3) is 0.667. The molecule has 0 aromatic heterocycles. The first-order valence-corrected chi connectivity index (χ1v) is 4.72. The topological polar surface area (TPSA) is 92.8 Å². The van der Waals surface area contributed by atoms with E-state index in [1.165, 1.54) is 6.92 Å². The molecule has 0 aliphatic heterocycles. The number of carbonyl (C=O) groups is 3. The highest BCUT2D eigenvalue weighted by atomic mass is 16.6. The smallest absolute Gasteiger partial charge is 0.416 e. The van der Waals surface area contributed by atoms with Gasteiger partial charge in [-0.05, 0) is 13.8 Å². The Morgan fingerprint density at radius 3 is 2.06 bits per heavy atom.